The van der Waals surface area contributed by atoms with Gasteiger partial charge in [0.25, 0.3) is 0 Å². The quantitative estimate of drug-likeness (QED) is 0.174. The zero-order chi connectivity index (χ0) is 29.0. The normalized spacial score (nSPS) is 15.3. The van der Waals surface area contributed by atoms with Crippen LogP contribution in [0.25, 0.3) is 23.1 Å². The molecule has 5 rings (SSSR count). The van der Waals surface area contributed by atoms with Crippen LogP contribution in [0.5, 0.6) is 0 Å². The van der Waals surface area contributed by atoms with Gasteiger partial charge in [-0.15, -0.1) is 0 Å². The van der Waals surface area contributed by atoms with Crippen LogP contribution < -0.4 is 0 Å². The van der Waals surface area contributed by atoms with E-state index in [9.17, 15) is 15.0 Å². The van der Waals surface area contributed by atoms with Gasteiger partial charge in [-0.3, -0.25) is 4.79 Å². The minimum atomic E-state index is -0.890. The summed E-state index contributed by atoms with van der Waals surface area (Å²) in [5, 5.41) is 21.9. The molecule has 0 bridgehead atoms. The second-order valence-corrected chi connectivity index (χ2v) is 13.3. The summed E-state index contributed by atoms with van der Waals surface area (Å²) in [4.78, 5) is 16.3. The Morgan fingerprint density at radius 2 is 1.83 bits per heavy atom. The van der Waals surface area contributed by atoms with E-state index in [-0.39, 0.29) is 17.1 Å². The third kappa shape index (κ3) is 7.79. The number of carboxylic acid groups (broad SMARTS) is 1. The minimum Gasteiger partial charge on any atom is -0.481 e. The fourth-order valence-corrected chi connectivity index (χ4v) is 7.00. The molecule has 1 unspecified atom stereocenters. The number of nitrogens with zero attached hydrogens (tertiary/aromatic N) is 1. The molecule has 1 atom stereocenters. The van der Waals surface area contributed by atoms with Crippen molar-refractivity contribution in [1.82, 2.24) is 4.98 Å². The average molecular weight is 586 g/mol. The number of aromatic nitrogens is 1. The number of aryl methyl sites for hydroxylation is 1. The molecule has 4 nitrogen and oxygen atoms in total. The second kappa shape index (κ2) is 12.4. The standard InChI is InChI=1S/C35H36ClNO3S/c1-34(2,40)27-8-5-6-24(20-27)10-17-32(41-23-35(18-19-35)22-33(38)39)30-9-4-3-7-25(30)12-15-29-16-13-26-11-14-28(36)21-31(26)37-29/h3-9,11-16,20-21,32,40H,10,17-19,22-23H2,1-2H3,(H,38,39). The van der Waals surface area contributed by atoms with Crippen LogP contribution in [0.4, 0.5) is 0 Å². The lowest BCUT2D eigenvalue weighted by atomic mass is 9.94. The lowest BCUT2D eigenvalue weighted by Crippen LogP contribution is -2.15. The smallest absolute Gasteiger partial charge is 0.303 e. The first kappa shape index (κ1) is 29.4. The lowest BCUT2D eigenvalue weighted by molar-refractivity contribution is -0.138. The van der Waals surface area contributed by atoms with E-state index in [4.69, 9.17) is 16.6 Å². The highest BCUT2D eigenvalue weighted by molar-refractivity contribution is 7.99. The molecular weight excluding hydrogens is 550 g/mol. The maximum Gasteiger partial charge on any atom is 0.303 e. The summed E-state index contributed by atoms with van der Waals surface area (Å²) in [6.07, 6.45) is 8.12. The zero-order valence-electron chi connectivity index (χ0n) is 23.5. The number of aliphatic carboxylic acids is 1. The van der Waals surface area contributed by atoms with Crippen molar-refractivity contribution in [3.8, 4) is 0 Å². The Labute approximate surface area is 251 Å². The molecule has 2 N–H and O–H groups in total. The molecule has 41 heavy (non-hydrogen) atoms. The van der Waals surface area contributed by atoms with Crippen LogP contribution in [-0.4, -0.2) is 26.9 Å². The summed E-state index contributed by atoms with van der Waals surface area (Å²) >= 11 is 8.07. The van der Waals surface area contributed by atoms with Gasteiger partial charge >= 0.3 is 5.97 Å². The summed E-state index contributed by atoms with van der Waals surface area (Å²) in [6.45, 7) is 3.62. The van der Waals surface area contributed by atoms with E-state index in [1.807, 2.05) is 68.1 Å². The number of fused-ring (bicyclic) bond motifs is 1. The third-order valence-electron chi connectivity index (χ3n) is 7.85. The summed E-state index contributed by atoms with van der Waals surface area (Å²) < 4.78 is 0. The molecule has 0 spiro atoms. The van der Waals surface area contributed by atoms with Crippen molar-refractivity contribution in [2.75, 3.05) is 5.75 Å². The SMILES string of the molecule is CC(C)(O)c1cccc(CCC(SCC2(CC(=O)O)CC2)c2ccccc2C=Cc2ccc3ccc(Cl)cc3n2)c1. The Morgan fingerprint density at radius 3 is 2.59 bits per heavy atom. The third-order valence-corrected chi connectivity index (χ3v) is 9.76. The molecule has 1 fully saturated rings. The van der Waals surface area contributed by atoms with Crippen LogP contribution in [0.15, 0.2) is 78.9 Å². The van der Waals surface area contributed by atoms with Crippen molar-refractivity contribution in [2.45, 2.75) is 56.8 Å². The van der Waals surface area contributed by atoms with E-state index in [0.29, 0.717) is 5.02 Å². The van der Waals surface area contributed by atoms with Crippen LogP contribution in [0.3, 0.4) is 0 Å². The Morgan fingerprint density at radius 1 is 1.05 bits per heavy atom. The maximum absolute atomic E-state index is 11.5. The summed E-state index contributed by atoms with van der Waals surface area (Å²) in [7, 11) is 0. The molecule has 212 valence electrons. The van der Waals surface area contributed by atoms with Crippen LogP contribution in [0.1, 0.15) is 72.7 Å². The Kier molecular flexibility index (Phi) is 8.88. The van der Waals surface area contributed by atoms with Gasteiger partial charge in [-0.1, -0.05) is 78.3 Å². The summed E-state index contributed by atoms with van der Waals surface area (Å²) in [6, 6.07) is 26.4. The number of rotatable bonds is 12. The van der Waals surface area contributed by atoms with Gasteiger partial charge in [0.1, 0.15) is 0 Å². The molecule has 0 amide bonds. The average Bonchev–Trinajstić information content (AvgIpc) is 3.70. The molecule has 0 radical (unpaired) electrons. The van der Waals surface area contributed by atoms with Gasteiger partial charge in [-0.25, -0.2) is 4.98 Å². The molecule has 1 saturated carbocycles. The van der Waals surface area contributed by atoms with Crippen molar-refractivity contribution in [3.05, 3.63) is 112 Å². The maximum atomic E-state index is 11.5. The van der Waals surface area contributed by atoms with Gasteiger partial charge in [0, 0.05) is 21.4 Å². The van der Waals surface area contributed by atoms with Gasteiger partial charge in [0.05, 0.1) is 23.2 Å². The highest BCUT2D eigenvalue weighted by Crippen LogP contribution is 2.53. The Hall–Kier alpha value is -3.12. The molecule has 1 aliphatic rings. The first-order chi connectivity index (χ1) is 19.6. The van der Waals surface area contributed by atoms with Crippen molar-refractivity contribution in [3.63, 3.8) is 0 Å². The van der Waals surface area contributed by atoms with Gasteiger partial charge in [0.15, 0.2) is 0 Å². The van der Waals surface area contributed by atoms with Crippen LogP contribution in [-0.2, 0) is 16.8 Å². The zero-order valence-corrected chi connectivity index (χ0v) is 25.1. The number of halogens is 1. The number of hydrogen-bond acceptors (Lipinski definition) is 4. The number of pyridine rings is 1. The molecule has 6 heteroatoms. The van der Waals surface area contributed by atoms with E-state index < -0.39 is 11.6 Å². The predicted molar refractivity (Wildman–Crippen MR) is 171 cm³/mol. The predicted octanol–water partition coefficient (Wildman–Crippen LogP) is 8.95. The van der Waals surface area contributed by atoms with E-state index in [1.54, 1.807) is 0 Å². The fourth-order valence-electron chi connectivity index (χ4n) is 5.21. The highest BCUT2D eigenvalue weighted by atomic mass is 35.5. The first-order valence-corrected chi connectivity index (χ1v) is 15.5. The molecule has 1 aliphatic carbocycles. The summed E-state index contributed by atoms with van der Waals surface area (Å²) in [5.41, 5.74) is 5.21. The van der Waals surface area contributed by atoms with Crippen molar-refractivity contribution >= 4 is 52.4 Å². The van der Waals surface area contributed by atoms with Crippen molar-refractivity contribution in [2.24, 2.45) is 5.41 Å². The van der Waals surface area contributed by atoms with Crippen LogP contribution in [0, 0.1) is 5.41 Å². The van der Waals surface area contributed by atoms with E-state index in [2.05, 4.69) is 48.5 Å². The number of aliphatic hydroxyl groups is 1. The highest BCUT2D eigenvalue weighted by Gasteiger charge is 2.44. The van der Waals surface area contributed by atoms with Crippen molar-refractivity contribution in [1.29, 1.82) is 0 Å². The largest absolute Gasteiger partial charge is 0.481 e. The van der Waals surface area contributed by atoms with Gasteiger partial charge < -0.3 is 10.2 Å². The Balaban J connectivity index is 1.40. The van der Waals surface area contributed by atoms with Gasteiger partial charge in [-0.2, -0.15) is 11.8 Å². The molecule has 1 aromatic heterocycles. The number of benzene rings is 3. The molecule has 4 aromatic rings. The van der Waals surface area contributed by atoms with Crippen molar-refractivity contribution < 1.29 is 15.0 Å². The van der Waals surface area contributed by atoms with Crippen LogP contribution >= 0.6 is 23.4 Å². The van der Waals surface area contributed by atoms with E-state index in [1.165, 1.54) is 11.1 Å². The molecule has 0 saturated heterocycles. The molecule has 3 aromatic carbocycles. The fraction of sp³-hybridized carbons (Fsp3) is 0.314. The van der Waals surface area contributed by atoms with E-state index >= 15 is 0 Å². The molecular formula is C35H36ClNO3S. The number of carboxylic acids is 1. The Bertz CT molecular complexity index is 1570. The molecule has 1 heterocycles. The second-order valence-electron chi connectivity index (χ2n) is 11.7. The topological polar surface area (TPSA) is 70.4 Å². The minimum absolute atomic E-state index is 0.0867. The number of thioether (sulfide) groups is 1. The summed E-state index contributed by atoms with van der Waals surface area (Å²) in [5.74, 6) is 0.120. The van der Waals surface area contributed by atoms with Crippen LogP contribution in [0.2, 0.25) is 5.02 Å². The molecule has 0 aliphatic heterocycles. The first-order valence-electron chi connectivity index (χ1n) is 14.1. The lowest BCUT2D eigenvalue weighted by Gasteiger charge is -2.23. The van der Waals surface area contributed by atoms with Gasteiger partial charge in [0.2, 0.25) is 0 Å². The van der Waals surface area contributed by atoms with Gasteiger partial charge in [-0.05, 0) is 91.5 Å². The number of carbonyl (C=O) groups is 1. The number of hydrogen-bond donors (Lipinski definition) is 2. The van der Waals surface area contributed by atoms with E-state index in [0.717, 1.165) is 59.2 Å². The monoisotopic (exact) mass is 585 g/mol.